The lowest BCUT2D eigenvalue weighted by molar-refractivity contribution is -0.129. The smallest absolute Gasteiger partial charge is 0.242 e. The minimum absolute atomic E-state index is 0.158. The van der Waals surface area contributed by atoms with Crippen molar-refractivity contribution in [1.29, 1.82) is 0 Å². The third kappa shape index (κ3) is 7.76. The number of carbonyl (C=O) groups is 3. The average Bonchev–Trinajstić information content (AvgIpc) is 2.23. The molecule has 4 N–H and O–H groups in total. The summed E-state index contributed by atoms with van der Waals surface area (Å²) < 4.78 is 0. The quantitative estimate of drug-likeness (QED) is 0.444. The number of carbonyl (C=O) groups excluding carboxylic acids is 3. The second-order valence-corrected chi connectivity index (χ2v) is 4.56. The highest BCUT2D eigenvalue weighted by Crippen LogP contribution is 2.04. The Hall–Kier alpha value is -1.08. The molecular weight excluding hydrogens is 242 g/mol. The monoisotopic (exact) mass is 261 g/mol. The second kappa shape index (κ2) is 8.08. The van der Waals surface area contributed by atoms with Crippen molar-refractivity contribution in [3.8, 4) is 0 Å². The molecule has 0 aromatic carbocycles. The van der Waals surface area contributed by atoms with Gasteiger partial charge in [0.15, 0.2) is 0 Å². The van der Waals surface area contributed by atoms with Gasteiger partial charge >= 0.3 is 0 Å². The summed E-state index contributed by atoms with van der Waals surface area (Å²) in [5, 5.41) is 4.47. The molecule has 0 saturated heterocycles. The average molecular weight is 261 g/mol. The third-order valence-corrected chi connectivity index (χ3v) is 2.12. The van der Waals surface area contributed by atoms with Crippen LogP contribution in [0.25, 0.3) is 0 Å². The Bertz CT molecular complexity index is 295. The van der Waals surface area contributed by atoms with E-state index in [1.807, 2.05) is 13.8 Å². The van der Waals surface area contributed by atoms with E-state index in [1.165, 1.54) is 0 Å². The topological polar surface area (TPSA) is 101 Å². The molecule has 6 nitrogen and oxygen atoms in total. The predicted molar refractivity (Wildman–Crippen MR) is 67.4 cm³/mol. The van der Waals surface area contributed by atoms with Crippen LogP contribution in [0.2, 0.25) is 0 Å². The van der Waals surface area contributed by atoms with Gasteiger partial charge in [-0.2, -0.15) is 0 Å². The first-order chi connectivity index (χ1) is 7.86. The maximum absolute atomic E-state index is 11.7. The van der Waals surface area contributed by atoms with Crippen molar-refractivity contribution in [3.05, 3.63) is 0 Å². The molecular formula is C10H19N3O3S. The van der Waals surface area contributed by atoms with E-state index in [2.05, 4.69) is 23.3 Å². The largest absolute Gasteiger partial charge is 0.346 e. The first-order valence-corrected chi connectivity index (χ1v) is 5.80. The van der Waals surface area contributed by atoms with E-state index in [9.17, 15) is 14.4 Å². The van der Waals surface area contributed by atoms with E-state index in [0.29, 0.717) is 6.42 Å². The van der Waals surface area contributed by atoms with Crippen LogP contribution in [0.4, 0.5) is 0 Å². The molecule has 17 heavy (non-hydrogen) atoms. The zero-order valence-electron chi connectivity index (χ0n) is 10.0. The molecule has 0 radical (unpaired) electrons. The Balaban J connectivity index is 4.39. The van der Waals surface area contributed by atoms with Crippen LogP contribution in [0.1, 0.15) is 20.3 Å². The molecule has 0 bridgehead atoms. The molecule has 7 heteroatoms. The van der Waals surface area contributed by atoms with Gasteiger partial charge in [-0.25, -0.2) is 0 Å². The minimum Gasteiger partial charge on any atom is -0.346 e. The van der Waals surface area contributed by atoms with Gasteiger partial charge in [0.05, 0.1) is 13.1 Å². The van der Waals surface area contributed by atoms with Crippen LogP contribution in [0.3, 0.4) is 0 Å². The molecule has 0 saturated carbocycles. The molecule has 0 aromatic heterocycles. The fraction of sp³-hybridized carbons (Fsp3) is 0.700. The lowest BCUT2D eigenvalue weighted by Crippen LogP contribution is -2.49. The summed E-state index contributed by atoms with van der Waals surface area (Å²) in [5.41, 5.74) is 5.16. The Morgan fingerprint density at radius 3 is 2.29 bits per heavy atom. The van der Waals surface area contributed by atoms with Crippen LogP contribution in [0.15, 0.2) is 0 Å². The molecule has 0 aliphatic carbocycles. The van der Waals surface area contributed by atoms with E-state index in [1.54, 1.807) is 0 Å². The van der Waals surface area contributed by atoms with E-state index in [4.69, 9.17) is 5.73 Å². The first-order valence-electron chi connectivity index (χ1n) is 5.35. The summed E-state index contributed by atoms with van der Waals surface area (Å²) >= 11 is 3.54. The summed E-state index contributed by atoms with van der Waals surface area (Å²) in [6.45, 7) is 3.53. The number of rotatable bonds is 7. The van der Waals surface area contributed by atoms with Crippen LogP contribution < -0.4 is 16.4 Å². The third-order valence-electron chi connectivity index (χ3n) is 1.96. The number of amides is 2. The summed E-state index contributed by atoms with van der Waals surface area (Å²) in [6.07, 6.45) is 0.484. The summed E-state index contributed by atoms with van der Waals surface area (Å²) in [6, 6.07) is -0.668. The summed E-state index contributed by atoms with van der Waals surface area (Å²) in [7, 11) is 0. The van der Waals surface area contributed by atoms with Gasteiger partial charge in [-0.15, -0.1) is 12.6 Å². The minimum atomic E-state index is -0.668. The predicted octanol–water partition coefficient (Wildman–Crippen LogP) is -0.951. The highest BCUT2D eigenvalue weighted by Gasteiger charge is 2.21. The molecule has 98 valence electrons. The molecule has 2 amide bonds. The molecule has 0 rings (SSSR count). The molecule has 1 unspecified atom stereocenters. The lowest BCUT2D eigenvalue weighted by atomic mass is 10.0. The number of nitrogens with two attached hydrogens (primary N) is 1. The van der Waals surface area contributed by atoms with Crippen LogP contribution >= 0.6 is 12.6 Å². The van der Waals surface area contributed by atoms with Crippen molar-refractivity contribution in [2.75, 3.05) is 13.1 Å². The second-order valence-electron chi connectivity index (χ2n) is 4.07. The SMILES string of the molecule is CC(C)CC(NC(=O)CN)C(=O)NCC(=O)S. The molecule has 0 aliphatic rings. The van der Waals surface area contributed by atoms with Crippen LogP contribution in [-0.2, 0) is 14.4 Å². The highest BCUT2D eigenvalue weighted by molar-refractivity contribution is 7.96. The van der Waals surface area contributed by atoms with Crippen molar-refractivity contribution >= 4 is 29.6 Å². The van der Waals surface area contributed by atoms with Gasteiger partial charge in [-0.1, -0.05) is 13.8 Å². The van der Waals surface area contributed by atoms with Crippen molar-refractivity contribution in [3.63, 3.8) is 0 Å². The Kier molecular flexibility index (Phi) is 7.56. The number of thiol groups is 1. The summed E-state index contributed by atoms with van der Waals surface area (Å²) in [5.74, 6) is -0.568. The number of hydrogen-bond acceptors (Lipinski definition) is 4. The van der Waals surface area contributed by atoms with Crippen LogP contribution in [0, 0.1) is 5.92 Å². The highest BCUT2D eigenvalue weighted by atomic mass is 32.1. The zero-order chi connectivity index (χ0) is 13.4. The fourth-order valence-electron chi connectivity index (χ4n) is 1.24. The lowest BCUT2D eigenvalue weighted by Gasteiger charge is -2.19. The van der Waals surface area contributed by atoms with Gasteiger partial charge in [-0.3, -0.25) is 14.4 Å². The van der Waals surface area contributed by atoms with Gasteiger partial charge < -0.3 is 16.4 Å². The molecule has 0 heterocycles. The Labute approximate surface area is 106 Å². The Morgan fingerprint density at radius 2 is 1.88 bits per heavy atom. The molecule has 0 aromatic rings. The van der Waals surface area contributed by atoms with Gasteiger partial charge in [-0.05, 0) is 12.3 Å². The first kappa shape index (κ1) is 15.9. The van der Waals surface area contributed by atoms with Crippen molar-refractivity contribution in [1.82, 2.24) is 10.6 Å². The maximum Gasteiger partial charge on any atom is 0.242 e. The van der Waals surface area contributed by atoms with E-state index < -0.39 is 23.0 Å². The van der Waals surface area contributed by atoms with Gasteiger partial charge in [0.2, 0.25) is 16.9 Å². The van der Waals surface area contributed by atoms with E-state index in [0.717, 1.165) is 0 Å². The van der Waals surface area contributed by atoms with Gasteiger partial charge in [0, 0.05) is 0 Å². The zero-order valence-corrected chi connectivity index (χ0v) is 10.9. The normalized spacial score (nSPS) is 12.1. The molecule has 0 spiro atoms. The summed E-state index contributed by atoms with van der Waals surface area (Å²) in [4.78, 5) is 33.4. The van der Waals surface area contributed by atoms with Crippen LogP contribution in [-0.4, -0.2) is 36.1 Å². The van der Waals surface area contributed by atoms with E-state index >= 15 is 0 Å². The van der Waals surface area contributed by atoms with Crippen molar-refractivity contribution in [2.45, 2.75) is 26.3 Å². The van der Waals surface area contributed by atoms with Crippen molar-refractivity contribution in [2.24, 2.45) is 11.7 Å². The number of hydrogen-bond donors (Lipinski definition) is 4. The maximum atomic E-state index is 11.7. The molecule has 1 atom stereocenters. The Morgan fingerprint density at radius 1 is 1.29 bits per heavy atom. The van der Waals surface area contributed by atoms with Gasteiger partial charge in [0.25, 0.3) is 0 Å². The van der Waals surface area contributed by atoms with E-state index in [-0.39, 0.29) is 19.0 Å². The standard InChI is InChI=1S/C10H19N3O3S/c1-6(2)3-7(13-8(14)4-11)10(16)12-5-9(15)17/h6-7H,3-5,11H2,1-2H3,(H,12,16)(H,13,14)(H,15,17). The molecule has 0 fully saturated rings. The fourth-order valence-corrected chi connectivity index (χ4v) is 1.32. The van der Waals surface area contributed by atoms with Crippen molar-refractivity contribution < 1.29 is 14.4 Å². The van der Waals surface area contributed by atoms with Gasteiger partial charge in [0.1, 0.15) is 6.04 Å². The van der Waals surface area contributed by atoms with Crippen LogP contribution in [0.5, 0.6) is 0 Å². The molecule has 0 aliphatic heterocycles. The number of nitrogens with one attached hydrogen (secondary N) is 2.